The molecule has 0 saturated carbocycles. The molecular formula is C25H30FN3O4. The summed E-state index contributed by atoms with van der Waals surface area (Å²) < 4.78 is 18.6. The highest BCUT2D eigenvalue weighted by atomic mass is 19.1. The van der Waals surface area contributed by atoms with Crippen molar-refractivity contribution < 1.29 is 23.5 Å². The standard InChI is InChI=1S/C25H30FN3O4/c1-3-13-27-24(31)22(28-23(30)18-7-9-21(33-2)10-8-18)17-11-14-29(15-12-17)25(32)19-5-4-6-20(26)16-19/h4-10,16-17,22H,3,11-15H2,1-2H3,(H,27,31)(H,28,30)/t22-/m1/s1. The average molecular weight is 456 g/mol. The number of halogens is 1. The van der Waals surface area contributed by atoms with Crippen molar-refractivity contribution in [3.8, 4) is 5.75 Å². The number of likely N-dealkylation sites (tertiary alicyclic amines) is 1. The maximum Gasteiger partial charge on any atom is 0.253 e. The molecule has 0 aliphatic carbocycles. The van der Waals surface area contributed by atoms with Crippen molar-refractivity contribution >= 4 is 17.7 Å². The highest BCUT2D eigenvalue weighted by Crippen LogP contribution is 2.23. The third kappa shape index (κ3) is 6.31. The fraction of sp³-hybridized carbons (Fsp3) is 0.400. The molecule has 33 heavy (non-hydrogen) atoms. The smallest absolute Gasteiger partial charge is 0.253 e. The number of hydrogen-bond donors (Lipinski definition) is 2. The fourth-order valence-corrected chi connectivity index (χ4v) is 3.96. The van der Waals surface area contributed by atoms with Gasteiger partial charge < -0.3 is 20.3 Å². The molecule has 176 valence electrons. The molecule has 1 aliphatic rings. The lowest BCUT2D eigenvalue weighted by molar-refractivity contribution is -0.124. The molecule has 0 bridgehead atoms. The highest BCUT2D eigenvalue weighted by Gasteiger charge is 2.34. The van der Waals surface area contributed by atoms with Gasteiger partial charge in [-0.15, -0.1) is 0 Å². The van der Waals surface area contributed by atoms with E-state index < -0.39 is 11.9 Å². The number of hydrogen-bond acceptors (Lipinski definition) is 4. The van der Waals surface area contributed by atoms with Crippen LogP contribution in [0.5, 0.6) is 5.75 Å². The third-order valence-corrected chi connectivity index (χ3v) is 5.84. The minimum Gasteiger partial charge on any atom is -0.497 e. The van der Waals surface area contributed by atoms with E-state index in [1.165, 1.54) is 18.2 Å². The molecule has 1 fully saturated rings. The van der Waals surface area contributed by atoms with Crippen molar-refractivity contribution in [2.45, 2.75) is 32.2 Å². The van der Waals surface area contributed by atoms with Crippen LogP contribution in [0.3, 0.4) is 0 Å². The van der Waals surface area contributed by atoms with Crippen molar-refractivity contribution in [2.24, 2.45) is 5.92 Å². The Kier molecular flexibility index (Phi) is 8.40. The predicted octanol–water partition coefficient (Wildman–Crippen LogP) is 3.01. The van der Waals surface area contributed by atoms with Gasteiger partial charge in [0.15, 0.2) is 0 Å². The Labute approximate surface area is 193 Å². The fourth-order valence-electron chi connectivity index (χ4n) is 3.96. The maximum absolute atomic E-state index is 13.5. The molecule has 1 heterocycles. The molecule has 2 N–H and O–H groups in total. The predicted molar refractivity (Wildman–Crippen MR) is 123 cm³/mol. The zero-order valence-electron chi connectivity index (χ0n) is 19.0. The summed E-state index contributed by atoms with van der Waals surface area (Å²) in [5.74, 6) is -0.743. The third-order valence-electron chi connectivity index (χ3n) is 5.84. The zero-order chi connectivity index (χ0) is 23.8. The number of methoxy groups -OCH3 is 1. The Hall–Kier alpha value is -3.42. The van der Waals surface area contributed by atoms with Crippen molar-refractivity contribution in [2.75, 3.05) is 26.7 Å². The number of piperidine rings is 1. The van der Waals surface area contributed by atoms with Gasteiger partial charge in [-0.05, 0) is 67.6 Å². The second-order valence-corrected chi connectivity index (χ2v) is 8.11. The van der Waals surface area contributed by atoms with Crippen LogP contribution in [0, 0.1) is 11.7 Å². The second-order valence-electron chi connectivity index (χ2n) is 8.11. The number of ether oxygens (including phenoxy) is 1. The topological polar surface area (TPSA) is 87.7 Å². The molecule has 3 amide bonds. The van der Waals surface area contributed by atoms with Gasteiger partial charge in [0.2, 0.25) is 5.91 Å². The Morgan fingerprint density at radius 2 is 1.79 bits per heavy atom. The Morgan fingerprint density at radius 1 is 1.09 bits per heavy atom. The minimum absolute atomic E-state index is 0.124. The first-order chi connectivity index (χ1) is 15.9. The van der Waals surface area contributed by atoms with Crippen molar-refractivity contribution in [3.05, 3.63) is 65.5 Å². The van der Waals surface area contributed by atoms with Gasteiger partial charge in [0.25, 0.3) is 11.8 Å². The van der Waals surface area contributed by atoms with Gasteiger partial charge in [-0.25, -0.2) is 4.39 Å². The lowest BCUT2D eigenvalue weighted by atomic mass is 9.88. The second kappa shape index (κ2) is 11.4. The quantitative estimate of drug-likeness (QED) is 0.641. The number of rotatable bonds is 8. The van der Waals surface area contributed by atoms with Crippen LogP contribution in [0.1, 0.15) is 46.9 Å². The number of nitrogens with zero attached hydrogens (tertiary/aromatic N) is 1. The van der Waals surface area contributed by atoms with E-state index in [4.69, 9.17) is 4.74 Å². The summed E-state index contributed by atoms with van der Waals surface area (Å²) in [6.45, 7) is 3.33. The van der Waals surface area contributed by atoms with Crippen LogP contribution in [0.4, 0.5) is 4.39 Å². The van der Waals surface area contributed by atoms with Crippen LogP contribution in [0.25, 0.3) is 0 Å². The number of carbonyl (C=O) groups is 3. The maximum atomic E-state index is 13.5. The summed E-state index contributed by atoms with van der Waals surface area (Å²) in [6.07, 6.45) is 1.88. The highest BCUT2D eigenvalue weighted by molar-refractivity contribution is 5.98. The van der Waals surface area contributed by atoms with Gasteiger partial charge in [0.05, 0.1) is 7.11 Å². The van der Waals surface area contributed by atoms with Gasteiger partial charge in [-0.1, -0.05) is 13.0 Å². The normalized spacial score (nSPS) is 14.9. The Morgan fingerprint density at radius 3 is 2.39 bits per heavy atom. The largest absolute Gasteiger partial charge is 0.497 e. The van der Waals surface area contributed by atoms with Gasteiger partial charge >= 0.3 is 0 Å². The molecule has 8 heteroatoms. The lowest BCUT2D eigenvalue weighted by Gasteiger charge is -2.36. The van der Waals surface area contributed by atoms with Crippen molar-refractivity contribution in [1.82, 2.24) is 15.5 Å². The molecule has 0 unspecified atom stereocenters. The van der Waals surface area contributed by atoms with E-state index in [1.807, 2.05) is 6.92 Å². The Balaban J connectivity index is 1.67. The van der Waals surface area contributed by atoms with Gasteiger partial charge in [-0.2, -0.15) is 0 Å². The zero-order valence-corrected chi connectivity index (χ0v) is 19.0. The van der Waals surface area contributed by atoms with Crippen LogP contribution >= 0.6 is 0 Å². The molecule has 3 rings (SSSR count). The number of amides is 3. The molecule has 2 aromatic carbocycles. The van der Waals surface area contributed by atoms with Crippen LogP contribution in [-0.2, 0) is 4.79 Å². The van der Waals surface area contributed by atoms with E-state index >= 15 is 0 Å². The number of benzene rings is 2. The number of carbonyl (C=O) groups excluding carboxylic acids is 3. The van der Waals surface area contributed by atoms with Crippen LogP contribution in [0.2, 0.25) is 0 Å². The molecule has 7 nitrogen and oxygen atoms in total. The van der Waals surface area contributed by atoms with Crippen molar-refractivity contribution in [3.63, 3.8) is 0 Å². The summed E-state index contributed by atoms with van der Waals surface area (Å²) in [6, 6.07) is 11.6. The van der Waals surface area contributed by atoms with E-state index in [9.17, 15) is 18.8 Å². The van der Waals surface area contributed by atoms with Gasteiger partial charge in [0, 0.05) is 30.8 Å². The molecule has 0 spiro atoms. The van der Waals surface area contributed by atoms with E-state index in [2.05, 4.69) is 10.6 Å². The van der Waals surface area contributed by atoms with E-state index in [0.717, 1.165) is 6.42 Å². The summed E-state index contributed by atoms with van der Waals surface area (Å²) in [4.78, 5) is 40.1. The lowest BCUT2D eigenvalue weighted by Crippen LogP contribution is -2.54. The molecule has 1 aliphatic heterocycles. The molecule has 2 aromatic rings. The van der Waals surface area contributed by atoms with Gasteiger partial charge in [-0.3, -0.25) is 14.4 Å². The summed E-state index contributed by atoms with van der Waals surface area (Å²) >= 11 is 0. The first-order valence-electron chi connectivity index (χ1n) is 11.2. The number of nitrogens with one attached hydrogen (secondary N) is 2. The van der Waals surface area contributed by atoms with Gasteiger partial charge in [0.1, 0.15) is 17.6 Å². The molecular weight excluding hydrogens is 425 g/mol. The summed E-state index contributed by atoms with van der Waals surface area (Å²) in [7, 11) is 1.55. The van der Waals surface area contributed by atoms with Crippen molar-refractivity contribution in [1.29, 1.82) is 0 Å². The van der Waals surface area contributed by atoms with E-state index in [0.29, 0.717) is 49.4 Å². The summed E-state index contributed by atoms with van der Waals surface area (Å²) in [5.41, 5.74) is 0.737. The SMILES string of the molecule is CCCNC(=O)[C@H](NC(=O)c1ccc(OC)cc1)C1CCN(C(=O)c2cccc(F)c2)CC1. The first-order valence-corrected chi connectivity index (χ1v) is 11.2. The molecule has 1 saturated heterocycles. The van der Waals surface area contributed by atoms with E-state index in [-0.39, 0.29) is 23.6 Å². The van der Waals surface area contributed by atoms with Crippen LogP contribution in [-0.4, -0.2) is 55.4 Å². The first kappa shape index (κ1) is 24.2. The monoisotopic (exact) mass is 455 g/mol. The minimum atomic E-state index is -0.711. The molecule has 0 aromatic heterocycles. The van der Waals surface area contributed by atoms with Crippen LogP contribution in [0.15, 0.2) is 48.5 Å². The summed E-state index contributed by atoms with van der Waals surface area (Å²) in [5, 5.41) is 5.76. The molecule has 0 radical (unpaired) electrons. The molecule has 1 atom stereocenters. The van der Waals surface area contributed by atoms with Crippen LogP contribution < -0.4 is 15.4 Å². The van der Waals surface area contributed by atoms with E-state index in [1.54, 1.807) is 42.3 Å². The Bertz CT molecular complexity index is 972. The average Bonchev–Trinajstić information content (AvgIpc) is 2.85.